The van der Waals surface area contributed by atoms with E-state index in [0.717, 1.165) is 0 Å². The van der Waals surface area contributed by atoms with Gasteiger partial charge in [0.25, 0.3) is 0 Å². The Kier molecular flexibility index (Phi) is 8.46. The number of aliphatic carboxylic acids is 1. The molecule has 0 amide bonds. The zero-order valence-corrected chi connectivity index (χ0v) is 26.0. The minimum atomic E-state index is -0.931. The summed E-state index contributed by atoms with van der Waals surface area (Å²) in [5.74, 6) is -1.28. The zero-order valence-electron chi connectivity index (χ0n) is 22.8. The summed E-state index contributed by atoms with van der Waals surface area (Å²) in [5, 5.41) is 16.1. The van der Waals surface area contributed by atoms with E-state index in [9.17, 15) is 19.1 Å². The largest absolute Gasteiger partial charge is 0.481 e. The third-order valence-corrected chi connectivity index (χ3v) is 9.44. The predicted molar refractivity (Wildman–Crippen MR) is 160 cm³/mol. The van der Waals surface area contributed by atoms with Gasteiger partial charge in [-0.15, -0.1) is 11.3 Å². The second kappa shape index (κ2) is 11.7. The van der Waals surface area contributed by atoms with Crippen LogP contribution in [-0.2, 0) is 14.3 Å². The summed E-state index contributed by atoms with van der Waals surface area (Å²) in [5.41, 5.74) is 0.674. The first kappa shape index (κ1) is 29.5. The number of nitrogens with zero attached hydrogens (tertiary/aromatic N) is 5. The van der Waals surface area contributed by atoms with Crippen LogP contribution in [0.25, 0.3) is 0 Å². The van der Waals surface area contributed by atoms with Crippen LogP contribution in [0, 0.1) is 11.2 Å². The second-order valence-electron chi connectivity index (χ2n) is 10.8. The van der Waals surface area contributed by atoms with E-state index in [2.05, 4.69) is 36.0 Å². The Hall–Kier alpha value is -2.94. The van der Waals surface area contributed by atoms with Crippen LogP contribution in [-0.4, -0.2) is 100 Å². The Morgan fingerprint density at radius 1 is 1.32 bits per heavy atom. The van der Waals surface area contributed by atoms with Gasteiger partial charge in [-0.2, -0.15) is 0 Å². The maximum Gasteiger partial charge on any atom is 0.338 e. The van der Waals surface area contributed by atoms with Gasteiger partial charge in [-0.3, -0.25) is 14.7 Å². The monoisotopic (exact) mass is 664 g/mol. The standard InChI is InChI=1S/C27H30BrFN6O4S2/c1-27(2,25(37)38)14-34-12-16-11-33(7-8-35(16)26(34)40)13-19-20(24(36)39-3)21(17-5-4-15(29)10-18(17)28)32-22(31-19)23-30-6-9-41-23/h4-6,9-10,16,21H,7-8,11-14H2,1-3H3,(H,31,32)(H,37,38). The van der Waals surface area contributed by atoms with Crippen molar-refractivity contribution in [1.82, 2.24) is 25.0 Å². The molecule has 3 aliphatic rings. The van der Waals surface area contributed by atoms with E-state index in [1.807, 2.05) is 10.3 Å². The molecule has 218 valence electrons. The number of hydrogen-bond donors (Lipinski definition) is 2. The number of carbonyl (C=O) groups excluding carboxylic acids is 1. The van der Waals surface area contributed by atoms with Gasteiger partial charge in [0.05, 0.1) is 24.1 Å². The van der Waals surface area contributed by atoms with Gasteiger partial charge in [-0.1, -0.05) is 22.0 Å². The number of halogens is 2. The van der Waals surface area contributed by atoms with E-state index in [4.69, 9.17) is 21.9 Å². The number of thiocarbonyl (C=S) groups is 1. The lowest BCUT2D eigenvalue weighted by Gasteiger charge is -2.38. The van der Waals surface area contributed by atoms with Gasteiger partial charge in [0.2, 0.25) is 0 Å². The number of methoxy groups -OCH3 is 1. The van der Waals surface area contributed by atoms with Crippen LogP contribution in [0.3, 0.4) is 0 Å². The highest BCUT2D eigenvalue weighted by molar-refractivity contribution is 9.10. The molecule has 14 heteroatoms. The number of nitrogens with one attached hydrogen (secondary N) is 1. The summed E-state index contributed by atoms with van der Waals surface area (Å²) in [4.78, 5) is 40.6. The van der Waals surface area contributed by atoms with E-state index in [-0.39, 0.29) is 6.04 Å². The number of ether oxygens (including phenoxy) is 1. The van der Waals surface area contributed by atoms with Crippen LogP contribution in [0.5, 0.6) is 0 Å². The van der Waals surface area contributed by atoms with Crippen molar-refractivity contribution in [2.45, 2.75) is 25.9 Å². The molecule has 2 saturated heterocycles. The first-order chi connectivity index (χ1) is 19.5. The second-order valence-corrected chi connectivity index (χ2v) is 12.9. The number of fused-ring (bicyclic) bond motifs is 1. The summed E-state index contributed by atoms with van der Waals surface area (Å²) >= 11 is 10.6. The molecule has 10 nitrogen and oxygen atoms in total. The maximum absolute atomic E-state index is 14.0. The van der Waals surface area contributed by atoms with Crippen LogP contribution in [0.15, 0.2) is 50.5 Å². The molecule has 0 bridgehead atoms. The van der Waals surface area contributed by atoms with Gasteiger partial charge in [0, 0.05) is 61.0 Å². The number of esters is 1. The van der Waals surface area contributed by atoms with Gasteiger partial charge in [0.15, 0.2) is 16.0 Å². The molecule has 2 N–H and O–H groups in total. The van der Waals surface area contributed by atoms with Crippen LogP contribution in [0.4, 0.5) is 4.39 Å². The Morgan fingerprint density at radius 3 is 2.76 bits per heavy atom. The molecule has 3 aliphatic heterocycles. The van der Waals surface area contributed by atoms with Crippen molar-refractivity contribution in [3.05, 3.63) is 61.9 Å². The molecule has 2 fully saturated rings. The lowest BCUT2D eigenvalue weighted by atomic mass is 9.93. The summed E-state index contributed by atoms with van der Waals surface area (Å²) in [6, 6.07) is 3.64. The van der Waals surface area contributed by atoms with Crippen molar-refractivity contribution >= 4 is 62.4 Å². The van der Waals surface area contributed by atoms with Crippen molar-refractivity contribution in [3.63, 3.8) is 0 Å². The lowest BCUT2D eigenvalue weighted by molar-refractivity contribution is -0.147. The predicted octanol–water partition coefficient (Wildman–Crippen LogP) is 3.26. The summed E-state index contributed by atoms with van der Waals surface area (Å²) in [7, 11) is 1.33. The number of carboxylic acids is 1. The molecule has 5 rings (SSSR count). The minimum absolute atomic E-state index is 0.0840. The molecule has 0 aliphatic carbocycles. The van der Waals surface area contributed by atoms with Crippen molar-refractivity contribution < 1.29 is 23.8 Å². The molecular weight excluding hydrogens is 635 g/mol. The molecule has 0 radical (unpaired) electrons. The lowest BCUT2D eigenvalue weighted by Crippen LogP contribution is -2.53. The van der Waals surface area contributed by atoms with Gasteiger partial charge in [-0.25, -0.2) is 14.2 Å². The van der Waals surface area contributed by atoms with Crippen LogP contribution in [0.1, 0.15) is 30.5 Å². The van der Waals surface area contributed by atoms with Gasteiger partial charge >= 0.3 is 11.9 Å². The SMILES string of the molecule is COC(=O)C1=C(CN2CCN3C(=S)N(CC(C)(C)C(=O)O)CC3C2)NC(c2nccs2)=NC1c1ccc(F)cc1Br. The molecule has 1 aromatic carbocycles. The number of aromatic nitrogens is 1. The first-order valence-corrected chi connectivity index (χ1v) is 15.1. The molecule has 4 heterocycles. The number of carbonyl (C=O) groups is 2. The van der Waals surface area contributed by atoms with E-state index in [0.29, 0.717) is 76.5 Å². The maximum atomic E-state index is 14.0. The van der Waals surface area contributed by atoms with E-state index in [1.54, 1.807) is 26.1 Å². The average molecular weight is 666 g/mol. The number of piperazine rings is 1. The fourth-order valence-corrected chi connectivity index (χ4v) is 6.89. The molecule has 41 heavy (non-hydrogen) atoms. The van der Waals surface area contributed by atoms with Gasteiger partial charge < -0.3 is 25.0 Å². The molecule has 0 spiro atoms. The van der Waals surface area contributed by atoms with E-state index < -0.39 is 29.2 Å². The Morgan fingerprint density at radius 2 is 2.10 bits per heavy atom. The van der Waals surface area contributed by atoms with Crippen LogP contribution < -0.4 is 5.32 Å². The van der Waals surface area contributed by atoms with Crippen molar-refractivity contribution in [2.24, 2.45) is 10.4 Å². The van der Waals surface area contributed by atoms with Crippen molar-refractivity contribution in [3.8, 4) is 0 Å². The molecule has 1 aromatic heterocycles. The van der Waals surface area contributed by atoms with Gasteiger partial charge in [0.1, 0.15) is 11.9 Å². The fourth-order valence-electron chi connectivity index (χ4n) is 5.35. The number of aliphatic imine (C=N–C) groups is 1. The fraction of sp³-hybridized carbons (Fsp3) is 0.444. The smallest absolute Gasteiger partial charge is 0.338 e. The highest BCUT2D eigenvalue weighted by Gasteiger charge is 2.42. The van der Waals surface area contributed by atoms with Crippen LogP contribution in [0.2, 0.25) is 0 Å². The number of thiazole rings is 1. The Labute approximate surface area is 255 Å². The first-order valence-electron chi connectivity index (χ1n) is 13.0. The minimum Gasteiger partial charge on any atom is -0.481 e. The molecule has 2 aromatic rings. The topological polar surface area (TPSA) is 111 Å². The number of carboxylic acid groups (broad SMARTS) is 1. The third-order valence-electron chi connectivity index (χ3n) is 7.48. The van der Waals surface area contributed by atoms with Crippen LogP contribution >= 0.6 is 39.5 Å². The van der Waals surface area contributed by atoms with Gasteiger partial charge in [-0.05, 0) is 43.8 Å². The number of benzene rings is 1. The summed E-state index contributed by atoms with van der Waals surface area (Å²) in [6.07, 6.45) is 1.69. The Balaban J connectivity index is 1.44. The normalized spacial score (nSPS) is 21.5. The highest BCUT2D eigenvalue weighted by Crippen LogP contribution is 2.37. The summed E-state index contributed by atoms with van der Waals surface area (Å²) in [6.45, 7) is 6.79. The summed E-state index contributed by atoms with van der Waals surface area (Å²) < 4.78 is 19.7. The number of hydrogen-bond acceptors (Lipinski definition) is 9. The molecule has 2 atom stereocenters. The number of rotatable bonds is 8. The van der Waals surface area contributed by atoms with E-state index >= 15 is 0 Å². The third kappa shape index (κ3) is 6.01. The molecule has 2 unspecified atom stereocenters. The Bertz CT molecular complexity index is 1430. The van der Waals surface area contributed by atoms with E-state index in [1.165, 1.54) is 30.6 Å². The molecule has 0 saturated carbocycles. The number of amidine groups is 1. The molecular formula is C27H30BrFN6O4S2. The quantitative estimate of drug-likeness (QED) is 0.322. The average Bonchev–Trinajstić information content (AvgIpc) is 3.56. The van der Waals surface area contributed by atoms with Crippen molar-refractivity contribution in [2.75, 3.05) is 46.4 Å². The van der Waals surface area contributed by atoms with Crippen molar-refractivity contribution in [1.29, 1.82) is 0 Å². The zero-order chi connectivity index (χ0) is 29.5. The highest BCUT2D eigenvalue weighted by atomic mass is 79.9.